The molecule has 0 amide bonds. The van der Waals surface area contributed by atoms with Crippen molar-refractivity contribution in [1.29, 1.82) is 0 Å². The quantitative estimate of drug-likeness (QED) is 0.893. The normalized spacial score (nSPS) is 24.0. The van der Waals surface area contributed by atoms with Crippen LogP contribution in [0.5, 0.6) is 0 Å². The average molecular weight is 249 g/mol. The number of ether oxygens (including phenoxy) is 1. The molecule has 1 saturated heterocycles. The molecule has 0 aromatic heterocycles. The van der Waals surface area contributed by atoms with E-state index >= 15 is 0 Å². The number of aromatic carboxylic acids is 1. The Morgan fingerprint density at radius 1 is 1.44 bits per heavy atom. The molecule has 1 fully saturated rings. The van der Waals surface area contributed by atoms with E-state index in [1.165, 1.54) is 0 Å². The molecular weight excluding hydrogens is 230 g/mol. The van der Waals surface area contributed by atoms with Gasteiger partial charge in [-0.15, -0.1) is 0 Å². The van der Waals surface area contributed by atoms with Crippen molar-refractivity contribution in [2.45, 2.75) is 32.4 Å². The average Bonchev–Trinajstić information content (AvgIpc) is 2.39. The lowest BCUT2D eigenvalue weighted by molar-refractivity contribution is 0.0299. The SMILES string of the molecule is CCC1COC(C)CN1c1ccc(C(=O)O)cc1. The van der Waals surface area contributed by atoms with Crippen LogP contribution >= 0.6 is 0 Å². The second-order valence-corrected chi connectivity index (χ2v) is 4.71. The summed E-state index contributed by atoms with van der Waals surface area (Å²) in [7, 11) is 0. The molecule has 1 aliphatic rings. The van der Waals surface area contributed by atoms with Gasteiger partial charge in [-0.25, -0.2) is 4.79 Å². The van der Waals surface area contributed by atoms with Gasteiger partial charge in [0.2, 0.25) is 0 Å². The van der Waals surface area contributed by atoms with E-state index in [4.69, 9.17) is 9.84 Å². The minimum absolute atomic E-state index is 0.215. The van der Waals surface area contributed by atoms with Crippen LogP contribution in [0.3, 0.4) is 0 Å². The van der Waals surface area contributed by atoms with Gasteiger partial charge in [-0.05, 0) is 37.6 Å². The maximum atomic E-state index is 10.8. The van der Waals surface area contributed by atoms with Gasteiger partial charge in [0.25, 0.3) is 0 Å². The Kier molecular flexibility index (Phi) is 3.87. The zero-order valence-corrected chi connectivity index (χ0v) is 10.8. The van der Waals surface area contributed by atoms with Gasteiger partial charge in [0, 0.05) is 12.2 Å². The fourth-order valence-corrected chi connectivity index (χ4v) is 2.29. The fraction of sp³-hybridized carbons (Fsp3) is 0.500. The van der Waals surface area contributed by atoms with E-state index < -0.39 is 5.97 Å². The molecule has 2 rings (SSSR count). The summed E-state index contributed by atoms with van der Waals surface area (Å²) >= 11 is 0. The Hall–Kier alpha value is -1.55. The first-order chi connectivity index (χ1) is 8.61. The van der Waals surface area contributed by atoms with Crippen LogP contribution in [-0.2, 0) is 4.74 Å². The zero-order chi connectivity index (χ0) is 13.1. The molecule has 2 unspecified atom stereocenters. The lowest BCUT2D eigenvalue weighted by atomic mass is 10.1. The first-order valence-electron chi connectivity index (χ1n) is 6.33. The number of morpholine rings is 1. The van der Waals surface area contributed by atoms with Crippen LogP contribution in [0.15, 0.2) is 24.3 Å². The number of nitrogens with zero attached hydrogens (tertiary/aromatic N) is 1. The molecule has 98 valence electrons. The smallest absolute Gasteiger partial charge is 0.335 e. The van der Waals surface area contributed by atoms with Gasteiger partial charge in [0.1, 0.15) is 0 Å². The number of carbonyl (C=O) groups is 1. The van der Waals surface area contributed by atoms with Crippen LogP contribution < -0.4 is 4.90 Å². The number of rotatable bonds is 3. The van der Waals surface area contributed by atoms with Crippen LogP contribution in [0.25, 0.3) is 0 Å². The highest BCUT2D eigenvalue weighted by atomic mass is 16.5. The van der Waals surface area contributed by atoms with E-state index in [1.807, 2.05) is 12.1 Å². The molecule has 1 aromatic rings. The third-order valence-corrected chi connectivity index (χ3v) is 3.38. The number of anilines is 1. The van der Waals surface area contributed by atoms with Crippen molar-refractivity contribution in [3.8, 4) is 0 Å². The van der Waals surface area contributed by atoms with Crippen LogP contribution in [0.2, 0.25) is 0 Å². The Labute approximate surface area is 107 Å². The highest BCUT2D eigenvalue weighted by molar-refractivity contribution is 5.88. The van der Waals surface area contributed by atoms with Gasteiger partial charge in [0.15, 0.2) is 0 Å². The van der Waals surface area contributed by atoms with E-state index in [0.717, 1.165) is 25.3 Å². The summed E-state index contributed by atoms with van der Waals surface area (Å²) in [4.78, 5) is 13.1. The maximum absolute atomic E-state index is 10.8. The van der Waals surface area contributed by atoms with Gasteiger partial charge in [-0.1, -0.05) is 6.92 Å². The molecule has 2 atom stereocenters. The summed E-state index contributed by atoms with van der Waals surface area (Å²) in [5, 5.41) is 8.89. The third-order valence-electron chi connectivity index (χ3n) is 3.38. The summed E-state index contributed by atoms with van der Waals surface area (Å²) in [5.74, 6) is -0.885. The van der Waals surface area contributed by atoms with Crippen molar-refractivity contribution in [3.05, 3.63) is 29.8 Å². The summed E-state index contributed by atoms with van der Waals surface area (Å²) in [6.45, 7) is 5.79. The summed E-state index contributed by atoms with van der Waals surface area (Å²) in [6, 6.07) is 7.44. The molecule has 4 nitrogen and oxygen atoms in total. The van der Waals surface area contributed by atoms with Crippen LogP contribution in [-0.4, -0.2) is 36.4 Å². The van der Waals surface area contributed by atoms with Crippen LogP contribution in [0.4, 0.5) is 5.69 Å². The summed E-state index contributed by atoms with van der Waals surface area (Å²) in [6.07, 6.45) is 1.24. The molecule has 0 spiro atoms. The maximum Gasteiger partial charge on any atom is 0.335 e. The molecule has 0 bridgehead atoms. The summed E-state index contributed by atoms with van der Waals surface area (Å²) in [5.41, 5.74) is 1.40. The van der Waals surface area contributed by atoms with E-state index in [0.29, 0.717) is 11.6 Å². The van der Waals surface area contributed by atoms with Crippen molar-refractivity contribution in [2.75, 3.05) is 18.1 Å². The standard InChI is InChI=1S/C14H19NO3/c1-3-12-9-18-10(2)8-15(12)13-6-4-11(5-7-13)14(16)17/h4-7,10,12H,3,8-9H2,1-2H3,(H,16,17). The van der Waals surface area contributed by atoms with E-state index in [-0.39, 0.29) is 6.10 Å². The highest BCUT2D eigenvalue weighted by Crippen LogP contribution is 2.23. The Morgan fingerprint density at radius 3 is 2.67 bits per heavy atom. The second kappa shape index (κ2) is 5.40. The lowest BCUT2D eigenvalue weighted by Crippen LogP contribution is -2.48. The molecule has 0 radical (unpaired) electrons. The van der Waals surface area contributed by atoms with Crippen molar-refractivity contribution >= 4 is 11.7 Å². The number of hydrogen-bond donors (Lipinski definition) is 1. The minimum Gasteiger partial charge on any atom is -0.478 e. The van der Waals surface area contributed by atoms with Crippen LogP contribution in [0, 0.1) is 0 Å². The predicted octanol–water partition coefficient (Wildman–Crippen LogP) is 2.39. The molecule has 18 heavy (non-hydrogen) atoms. The van der Waals surface area contributed by atoms with E-state index in [1.54, 1.807) is 12.1 Å². The first-order valence-corrected chi connectivity index (χ1v) is 6.33. The van der Waals surface area contributed by atoms with E-state index in [9.17, 15) is 4.79 Å². The number of carboxylic acids is 1. The molecule has 1 aliphatic heterocycles. The summed E-state index contributed by atoms with van der Waals surface area (Å²) < 4.78 is 5.66. The van der Waals surface area contributed by atoms with Gasteiger partial charge in [0.05, 0.1) is 24.3 Å². The largest absolute Gasteiger partial charge is 0.478 e. The molecule has 0 saturated carbocycles. The molecule has 1 heterocycles. The highest BCUT2D eigenvalue weighted by Gasteiger charge is 2.25. The Balaban J connectivity index is 2.20. The zero-order valence-electron chi connectivity index (χ0n) is 10.8. The van der Waals surface area contributed by atoms with Crippen molar-refractivity contribution in [3.63, 3.8) is 0 Å². The monoisotopic (exact) mass is 249 g/mol. The molecule has 1 aromatic carbocycles. The van der Waals surface area contributed by atoms with Gasteiger partial charge < -0.3 is 14.7 Å². The molecule has 4 heteroatoms. The molecule has 1 N–H and O–H groups in total. The van der Waals surface area contributed by atoms with E-state index in [2.05, 4.69) is 18.7 Å². The Morgan fingerprint density at radius 2 is 2.11 bits per heavy atom. The van der Waals surface area contributed by atoms with Gasteiger partial charge >= 0.3 is 5.97 Å². The van der Waals surface area contributed by atoms with Gasteiger partial charge in [-0.2, -0.15) is 0 Å². The molecular formula is C14H19NO3. The Bertz CT molecular complexity index is 416. The fourth-order valence-electron chi connectivity index (χ4n) is 2.29. The lowest BCUT2D eigenvalue weighted by Gasteiger charge is -2.40. The molecule has 0 aliphatic carbocycles. The van der Waals surface area contributed by atoms with Gasteiger partial charge in [-0.3, -0.25) is 0 Å². The predicted molar refractivity (Wildman–Crippen MR) is 70.2 cm³/mol. The minimum atomic E-state index is -0.885. The number of benzene rings is 1. The van der Waals surface area contributed by atoms with Crippen molar-refractivity contribution < 1.29 is 14.6 Å². The second-order valence-electron chi connectivity index (χ2n) is 4.71. The van der Waals surface area contributed by atoms with Crippen molar-refractivity contribution in [1.82, 2.24) is 0 Å². The topological polar surface area (TPSA) is 49.8 Å². The first kappa shape index (κ1) is 12.9. The van der Waals surface area contributed by atoms with Crippen molar-refractivity contribution in [2.24, 2.45) is 0 Å². The third kappa shape index (κ3) is 2.64. The number of carboxylic acid groups (broad SMARTS) is 1. The van der Waals surface area contributed by atoms with Crippen LogP contribution in [0.1, 0.15) is 30.6 Å². The number of hydrogen-bond acceptors (Lipinski definition) is 3.